The fourth-order valence-corrected chi connectivity index (χ4v) is 3.97. The Bertz CT molecular complexity index is 1260. The van der Waals surface area contributed by atoms with E-state index in [-0.39, 0.29) is 11.2 Å². The molecule has 4 aromatic rings. The second kappa shape index (κ2) is 10.8. The number of hydrazine groups is 1. The molecule has 34 heavy (non-hydrogen) atoms. The molecule has 1 heterocycles. The van der Waals surface area contributed by atoms with E-state index in [1.165, 1.54) is 16.6 Å². The van der Waals surface area contributed by atoms with Crippen LogP contribution in [0, 0.1) is 6.92 Å². The second-order valence-electron chi connectivity index (χ2n) is 7.72. The fourth-order valence-electron chi connectivity index (χ4n) is 3.10. The van der Waals surface area contributed by atoms with Gasteiger partial charge in [0.1, 0.15) is 0 Å². The lowest BCUT2D eigenvalue weighted by molar-refractivity contribution is -0.121. The van der Waals surface area contributed by atoms with Gasteiger partial charge in [0.15, 0.2) is 0 Å². The standard InChI is InChI=1S/C25H24N6O2S/c1-17-8-14-22(15-9-17)34-18(2)24(32)27-28-25(33)21-12-10-19(11-13-21)16-31-29-23(26-30-31)20-6-4-3-5-7-20/h3-15,18H,16H2,1-2H3,(H,27,32)(H,28,33). The van der Waals surface area contributed by atoms with Crippen LogP contribution in [-0.4, -0.2) is 37.3 Å². The van der Waals surface area contributed by atoms with Gasteiger partial charge in [-0.3, -0.25) is 20.4 Å². The van der Waals surface area contributed by atoms with E-state index in [1.54, 1.807) is 19.1 Å². The smallest absolute Gasteiger partial charge is 0.269 e. The second-order valence-corrected chi connectivity index (χ2v) is 9.14. The number of benzene rings is 3. The topological polar surface area (TPSA) is 102 Å². The summed E-state index contributed by atoms with van der Waals surface area (Å²) in [4.78, 5) is 27.3. The average molecular weight is 473 g/mol. The van der Waals surface area contributed by atoms with Crippen molar-refractivity contribution in [3.05, 3.63) is 95.6 Å². The number of hydrogen-bond donors (Lipinski definition) is 2. The van der Waals surface area contributed by atoms with Crippen molar-refractivity contribution in [3.63, 3.8) is 0 Å². The maximum atomic E-state index is 12.4. The molecular weight excluding hydrogens is 448 g/mol. The van der Waals surface area contributed by atoms with E-state index in [0.717, 1.165) is 21.6 Å². The van der Waals surface area contributed by atoms with Gasteiger partial charge in [-0.1, -0.05) is 60.2 Å². The molecule has 1 aromatic heterocycles. The number of carbonyl (C=O) groups excluding carboxylic acids is 2. The minimum absolute atomic E-state index is 0.276. The number of aromatic nitrogens is 4. The van der Waals surface area contributed by atoms with E-state index in [2.05, 4.69) is 26.3 Å². The zero-order valence-electron chi connectivity index (χ0n) is 18.8. The average Bonchev–Trinajstić information content (AvgIpc) is 3.33. The van der Waals surface area contributed by atoms with Crippen LogP contribution in [-0.2, 0) is 11.3 Å². The molecule has 2 amide bonds. The monoisotopic (exact) mass is 472 g/mol. The number of tetrazole rings is 1. The third-order valence-corrected chi connectivity index (χ3v) is 6.14. The maximum Gasteiger partial charge on any atom is 0.269 e. The lowest BCUT2D eigenvalue weighted by Crippen LogP contribution is -2.44. The highest BCUT2D eigenvalue weighted by Gasteiger charge is 2.16. The zero-order valence-corrected chi connectivity index (χ0v) is 19.6. The van der Waals surface area contributed by atoms with Gasteiger partial charge in [0.2, 0.25) is 5.82 Å². The lowest BCUT2D eigenvalue weighted by atomic mass is 10.1. The molecule has 0 bridgehead atoms. The molecule has 8 nitrogen and oxygen atoms in total. The predicted octanol–water partition coefficient (Wildman–Crippen LogP) is 3.64. The minimum Gasteiger partial charge on any atom is -0.272 e. The Kier molecular flexibility index (Phi) is 7.34. The Morgan fingerprint density at radius 2 is 1.65 bits per heavy atom. The summed E-state index contributed by atoms with van der Waals surface area (Å²) in [5.74, 6) is -0.109. The van der Waals surface area contributed by atoms with E-state index in [9.17, 15) is 9.59 Å². The molecule has 4 rings (SSSR count). The van der Waals surface area contributed by atoms with Crippen molar-refractivity contribution in [2.24, 2.45) is 0 Å². The Hall–Kier alpha value is -3.98. The Labute approximate surface area is 201 Å². The number of rotatable bonds is 7. The van der Waals surface area contributed by atoms with Crippen LogP contribution in [0.5, 0.6) is 0 Å². The van der Waals surface area contributed by atoms with Crippen molar-refractivity contribution >= 4 is 23.6 Å². The summed E-state index contributed by atoms with van der Waals surface area (Å²) in [7, 11) is 0. The van der Waals surface area contributed by atoms with Gasteiger partial charge in [0, 0.05) is 16.0 Å². The summed E-state index contributed by atoms with van der Waals surface area (Å²) in [5, 5.41) is 12.2. The van der Waals surface area contributed by atoms with E-state index in [4.69, 9.17) is 0 Å². The summed E-state index contributed by atoms with van der Waals surface area (Å²) in [5.41, 5.74) is 8.37. The van der Waals surface area contributed by atoms with E-state index in [0.29, 0.717) is 17.9 Å². The molecule has 0 aliphatic heterocycles. The van der Waals surface area contributed by atoms with Crippen LogP contribution in [0.2, 0.25) is 0 Å². The largest absolute Gasteiger partial charge is 0.272 e. The number of thioether (sulfide) groups is 1. The quantitative estimate of drug-likeness (QED) is 0.315. The summed E-state index contributed by atoms with van der Waals surface area (Å²) in [6.07, 6.45) is 0. The minimum atomic E-state index is -0.391. The third-order valence-electron chi connectivity index (χ3n) is 5.03. The number of nitrogens with one attached hydrogen (secondary N) is 2. The number of nitrogens with zero attached hydrogens (tertiary/aromatic N) is 4. The summed E-state index contributed by atoms with van der Waals surface area (Å²) >= 11 is 1.43. The number of carbonyl (C=O) groups is 2. The highest BCUT2D eigenvalue weighted by Crippen LogP contribution is 2.23. The van der Waals surface area contributed by atoms with Crippen molar-refractivity contribution in [1.29, 1.82) is 0 Å². The molecule has 172 valence electrons. The Morgan fingerprint density at radius 3 is 2.35 bits per heavy atom. The molecule has 9 heteroatoms. The van der Waals surface area contributed by atoms with Crippen LogP contribution in [0.15, 0.2) is 83.8 Å². The molecule has 3 aromatic carbocycles. The Morgan fingerprint density at radius 1 is 0.941 bits per heavy atom. The fraction of sp³-hybridized carbons (Fsp3) is 0.160. The highest BCUT2D eigenvalue weighted by molar-refractivity contribution is 8.00. The van der Waals surface area contributed by atoms with Gasteiger partial charge in [-0.05, 0) is 48.9 Å². The summed E-state index contributed by atoms with van der Waals surface area (Å²) in [6, 6.07) is 24.6. The summed E-state index contributed by atoms with van der Waals surface area (Å²) < 4.78 is 0. The molecular formula is C25H24N6O2S. The van der Waals surface area contributed by atoms with E-state index in [1.807, 2.05) is 73.7 Å². The SMILES string of the molecule is Cc1ccc(SC(C)C(=O)NNC(=O)c2ccc(Cn3nnc(-c4ccccc4)n3)cc2)cc1. The van der Waals surface area contributed by atoms with Crippen molar-refractivity contribution in [1.82, 2.24) is 31.1 Å². The van der Waals surface area contributed by atoms with Crippen molar-refractivity contribution in [2.45, 2.75) is 30.5 Å². The van der Waals surface area contributed by atoms with Crippen molar-refractivity contribution in [3.8, 4) is 11.4 Å². The number of aryl methyl sites for hydroxylation is 1. The van der Waals surface area contributed by atoms with Crippen LogP contribution in [0.25, 0.3) is 11.4 Å². The van der Waals surface area contributed by atoms with Gasteiger partial charge in [-0.25, -0.2) is 0 Å². The van der Waals surface area contributed by atoms with Gasteiger partial charge in [0.25, 0.3) is 11.8 Å². The first-order valence-corrected chi connectivity index (χ1v) is 11.6. The van der Waals surface area contributed by atoms with E-state index < -0.39 is 5.91 Å². The van der Waals surface area contributed by atoms with Crippen LogP contribution in [0.1, 0.15) is 28.4 Å². The van der Waals surface area contributed by atoms with Crippen molar-refractivity contribution in [2.75, 3.05) is 0 Å². The van der Waals surface area contributed by atoms with Crippen LogP contribution in [0.4, 0.5) is 0 Å². The molecule has 2 N–H and O–H groups in total. The molecule has 0 saturated carbocycles. The normalized spacial score (nSPS) is 11.6. The molecule has 0 saturated heterocycles. The highest BCUT2D eigenvalue weighted by atomic mass is 32.2. The van der Waals surface area contributed by atoms with Crippen LogP contribution in [0.3, 0.4) is 0 Å². The van der Waals surface area contributed by atoms with Gasteiger partial charge in [-0.2, -0.15) is 4.80 Å². The Balaban J connectivity index is 1.28. The molecule has 0 fully saturated rings. The first-order chi connectivity index (χ1) is 16.5. The molecule has 0 spiro atoms. The van der Waals surface area contributed by atoms with Gasteiger partial charge < -0.3 is 0 Å². The van der Waals surface area contributed by atoms with E-state index >= 15 is 0 Å². The summed E-state index contributed by atoms with van der Waals surface area (Å²) in [6.45, 7) is 4.23. The third kappa shape index (κ3) is 6.08. The van der Waals surface area contributed by atoms with Crippen molar-refractivity contribution < 1.29 is 9.59 Å². The predicted molar refractivity (Wildman–Crippen MR) is 131 cm³/mol. The number of amides is 2. The molecule has 1 atom stereocenters. The molecule has 0 aliphatic carbocycles. The lowest BCUT2D eigenvalue weighted by Gasteiger charge is -2.13. The first-order valence-electron chi connectivity index (χ1n) is 10.7. The molecule has 1 unspecified atom stereocenters. The van der Waals surface area contributed by atoms with Crippen LogP contribution < -0.4 is 10.9 Å². The zero-order chi connectivity index (χ0) is 23.9. The molecule has 0 radical (unpaired) electrons. The van der Waals surface area contributed by atoms with Gasteiger partial charge in [0.05, 0.1) is 11.8 Å². The number of hydrogen-bond acceptors (Lipinski definition) is 6. The van der Waals surface area contributed by atoms with Crippen LogP contribution >= 0.6 is 11.8 Å². The molecule has 0 aliphatic rings. The maximum absolute atomic E-state index is 12.4. The first kappa shape index (κ1) is 23.2. The van der Waals surface area contributed by atoms with Gasteiger partial charge in [-0.15, -0.1) is 22.0 Å². The van der Waals surface area contributed by atoms with Gasteiger partial charge >= 0.3 is 0 Å².